The second-order valence-corrected chi connectivity index (χ2v) is 8.94. The molecule has 0 saturated carbocycles. The minimum Gasteiger partial charge on any atom is -0.473 e. The van der Waals surface area contributed by atoms with Gasteiger partial charge in [-0.25, -0.2) is 4.98 Å². The Balaban J connectivity index is 1.59. The van der Waals surface area contributed by atoms with Gasteiger partial charge in [-0.3, -0.25) is 4.79 Å². The molecule has 0 aliphatic rings. The third kappa shape index (κ3) is 8.31. The molecule has 0 N–H and O–H groups in total. The highest BCUT2D eigenvalue weighted by Crippen LogP contribution is 2.21. The summed E-state index contributed by atoms with van der Waals surface area (Å²) in [5.74, 6) is 0.210. The van der Waals surface area contributed by atoms with Gasteiger partial charge in [-0.15, -0.1) is 0 Å². The molecule has 1 aromatic heterocycles. The lowest BCUT2D eigenvalue weighted by Crippen LogP contribution is -2.10. The van der Waals surface area contributed by atoms with E-state index in [1.54, 1.807) is 25.1 Å². The van der Waals surface area contributed by atoms with Gasteiger partial charge in [-0.1, -0.05) is 57.3 Å². The second kappa shape index (κ2) is 12.9. The first-order valence-corrected chi connectivity index (χ1v) is 12.0. The van der Waals surface area contributed by atoms with Crippen LogP contribution in [-0.2, 0) is 40.3 Å². The molecule has 174 valence electrons. The monoisotopic (exact) mass is 551 g/mol. The van der Waals surface area contributed by atoms with Crippen molar-refractivity contribution in [2.75, 3.05) is 13.2 Å². The van der Waals surface area contributed by atoms with Crippen LogP contribution in [0.25, 0.3) is 0 Å². The van der Waals surface area contributed by atoms with E-state index < -0.39 is 0 Å². The van der Waals surface area contributed by atoms with Crippen LogP contribution in [0.2, 0.25) is 10.2 Å². The van der Waals surface area contributed by atoms with Gasteiger partial charge in [0.25, 0.3) is 0 Å². The fourth-order valence-corrected chi connectivity index (χ4v) is 3.98. The fourth-order valence-electron chi connectivity index (χ4n) is 3.22. The summed E-state index contributed by atoms with van der Waals surface area (Å²) in [6.07, 6.45) is 0.872. The zero-order valence-corrected chi connectivity index (χ0v) is 21.3. The van der Waals surface area contributed by atoms with Crippen molar-refractivity contribution in [3.63, 3.8) is 0 Å². The van der Waals surface area contributed by atoms with Gasteiger partial charge in [0.05, 0.1) is 26.2 Å². The summed E-state index contributed by atoms with van der Waals surface area (Å²) in [5, 5.41) is 1.03. The molecule has 0 radical (unpaired) electrons. The van der Waals surface area contributed by atoms with Gasteiger partial charge in [-0.05, 0) is 65.9 Å². The first-order valence-electron chi connectivity index (χ1n) is 10.5. The van der Waals surface area contributed by atoms with Crippen molar-refractivity contribution in [1.82, 2.24) is 4.98 Å². The largest absolute Gasteiger partial charge is 0.473 e. The number of hydrogen-bond acceptors (Lipinski definition) is 5. The summed E-state index contributed by atoms with van der Waals surface area (Å²) in [6.45, 7) is 3.36. The number of hydrogen-bond donors (Lipinski definition) is 0. The van der Waals surface area contributed by atoms with Crippen LogP contribution in [0.1, 0.15) is 29.2 Å². The maximum Gasteiger partial charge on any atom is 0.310 e. The van der Waals surface area contributed by atoms with Gasteiger partial charge in [-0.2, -0.15) is 0 Å². The van der Waals surface area contributed by atoms with E-state index in [0.29, 0.717) is 48.9 Å². The molecule has 3 rings (SSSR count). The lowest BCUT2D eigenvalue weighted by molar-refractivity contribution is -0.142. The van der Waals surface area contributed by atoms with E-state index >= 15 is 0 Å². The number of halogens is 3. The Morgan fingerprint density at radius 1 is 0.970 bits per heavy atom. The number of pyridine rings is 1. The maximum absolute atomic E-state index is 11.9. The molecule has 3 aromatic rings. The summed E-state index contributed by atoms with van der Waals surface area (Å²) >= 11 is 15.6. The average Bonchev–Trinajstić information content (AvgIpc) is 2.78. The molecule has 0 spiro atoms. The molecular formula is C25H24BrCl2NO4. The number of carbonyl (C=O) groups excluding carboxylic acids is 1. The van der Waals surface area contributed by atoms with Crippen molar-refractivity contribution < 1.29 is 19.0 Å². The van der Waals surface area contributed by atoms with E-state index in [9.17, 15) is 4.79 Å². The van der Waals surface area contributed by atoms with E-state index in [1.807, 2.05) is 36.4 Å². The maximum atomic E-state index is 11.9. The van der Waals surface area contributed by atoms with Gasteiger partial charge in [0.15, 0.2) is 0 Å². The smallest absolute Gasteiger partial charge is 0.310 e. The summed E-state index contributed by atoms with van der Waals surface area (Å²) in [4.78, 5) is 16.1. The molecule has 8 heteroatoms. The molecule has 33 heavy (non-hydrogen) atoms. The summed E-state index contributed by atoms with van der Waals surface area (Å²) in [5.41, 5.74) is 3.86. The van der Waals surface area contributed by atoms with Crippen molar-refractivity contribution in [1.29, 1.82) is 0 Å². The molecule has 0 amide bonds. The number of benzene rings is 2. The number of esters is 1. The summed E-state index contributed by atoms with van der Waals surface area (Å²) in [6, 6.07) is 16.7. The zero-order valence-electron chi connectivity index (χ0n) is 18.2. The first kappa shape index (κ1) is 25.5. The zero-order chi connectivity index (χ0) is 23.6. The summed E-state index contributed by atoms with van der Waals surface area (Å²) in [7, 11) is 0. The van der Waals surface area contributed by atoms with E-state index in [2.05, 4.69) is 20.9 Å². The van der Waals surface area contributed by atoms with Crippen LogP contribution in [0.3, 0.4) is 0 Å². The molecule has 0 atom stereocenters. The van der Waals surface area contributed by atoms with E-state index in [1.165, 1.54) is 0 Å². The van der Waals surface area contributed by atoms with Crippen molar-refractivity contribution in [2.24, 2.45) is 0 Å². The molecule has 0 aliphatic carbocycles. The van der Waals surface area contributed by atoms with Crippen molar-refractivity contribution in [3.05, 3.63) is 91.5 Å². The third-order valence-corrected chi connectivity index (χ3v) is 5.75. The van der Waals surface area contributed by atoms with Gasteiger partial charge >= 0.3 is 5.97 Å². The van der Waals surface area contributed by atoms with Crippen LogP contribution < -0.4 is 4.74 Å². The second-order valence-electron chi connectivity index (χ2n) is 7.20. The van der Waals surface area contributed by atoms with Crippen LogP contribution >= 0.6 is 39.1 Å². The minimum atomic E-state index is -0.251. The minimum absolute atomic E-state index is 0.215. The number of ether oxygens (including phenoxy) is 3. The quantitative estimate of drug-likeness (QED) is 0.152. The van der Waals surface area contributed by atoms with Crippen molar-refractivity contribution >= 4 is 45.1 Å². The Bertz CT molecular complexity index is 1090. The van der Waals surface area contributed by atoms with Gasteiger partial charge in [0.2, 0.25) is 5.88 Å². The Kier molecular flexibility index (Phi) is 10.0. The molecule has 0 saturated heterocycles. The standard InChI is InChI=1S/C25H24BrCl2NO4/c1-2-32-25(30)14-17-6-8-21(26)12-20(17)15-31-11-10-18-13-22(27)9-7-19(18)16-33-24-5-3-4-23(28)29-24/h3-9,12-13H,2,10-11,14-16H2,1H3. The number of nitrogens with zero attached hydrogens (tertiary/aromatic N) is 1. The van der Waals surface area contributed by atoms with E-state index in [-0.39, 0.29) is 12.4 Å². The highest BCUT2D eigenvalue weighted by atomic mass is 79.9. The van der Waals surface area contributed by atoms with Gasteiger partial charge < -0.3 is 14.2 Å². The predicted octanol–water partition coefficient (Wildman–Crippen LogP) is 6.59. The number of rotatable bonds is 11. The Morgan fingerprint density at radius 2 is 1.79 bits per heavy atom. The van der Waals surface area contributed by atoms with E-state index in [4.69, 9.17) is 37.4 Å². The average molecular weight is 553 g/mol. The highest BCUT2D eigenvalue weighted by Gasteiger charge is 2.11. The molecular weight excluding hydrogens is 529 g/mol. The molecule has 2 aromatic carbocycles. The van der Waals surface area contributed by atoms with Crippen LogP contribution in [-0.4, -0.2) is 24.2 Å². The Labute approximate surface area is 212 Å². The molecule has 1 heterocycles. The molecule has 0 unspecified atom stereocenters. The normalized spacial score (nSPS) is 10.8. The molecule has 0 fully saturated rings. The van der Waals surface area contributed by atoms with Crippen LogP contribution in [0, 0.1) is 0 Å². The highest BCUT2D eigenvalue weighted by molar-refractivity contribution is 9.10. The van der Waals surface area contributed by atoms with Crippen LogP contribution in [0.5, 0.6) is 5.88 Å². The third-order valence-electron chi connectivity index (χ3n) is 4.82. The Hall–Kier alpha value is -2.12. The molecule has 0 bridgehead atoms. The molecule has 5 nitrogen and oxygen atoms in total. The van der Waals surface area contributed by atoms with Crippen molar-refractivity contribution in [2.45, 2.75) is 33.0 Å². The topological polar surface area (TPSA) is 57.7 Å². The lowest BCUT2D eigenvalue weighted by atomic mass is 10.0. The van der Waals surface area contributed by atoms with E-state index in [0.717, 1.165) is 26.7 Å². The van der Waals surface area contributed by atoms with Gasteiger partial charge in [0.1, 0.15) is 11.8 Å². The van der Waals surface area contributed by atoms with Crippen molar-refractivity contribution in [3.8, 4) is 5.88 Å². The van der Waals surface area contributed by atoms with Gasteiger partial charge in [0, 0.05) is 15.6 Å². The SMILES string of the molecule is CCOC(=O)Cc1ccc(Br)cc1COCCc1cc(Cl)ccc1COc1cccc(Cl)n1. The summed E-state index contributed by atoms with van der Waals surface area (Å²) < 4.78 is 17.7. The fraction of sp³-hybridized carbons (Fsp3) is 0.280. The number of carbonyl (C=O) groups is 1. The van der Waals surface area contributed by atoms with Crippen LogP contribution in [0.15, 0.2) is 59.1 Å². The van der Waals surface area contributed by atoms with Crippen LogP contribution in [0.4, 0.5) is 0 Å². The lowest BCUT2D eigenvalue weighted by Gasteiger charge is -2.13. The Morgan fingerprint density at radius 3 is 2.58 bits per heavy atom. The number of aromatic nitrogens is 1. The first-order chi connectivity index (χ1) is 15.9. The molecule has 0 aliphatic heterocycles. The predicted molar refractivity (Wildman–Crippen MR) is 133 cm³/mol.